The second-order valence-electron chi connectivity index (χ2n) is 6.52. The smallest absolute Gasteiger partial charge is 0.120 e. The number of anilines is 1. The van der Waals surface area contributed by atoms with Crippen LogP contribution < -0.4 is 10.1 Å². The van der Waals surface area contributed by atoms with Crippen LogP contribution in [0.15, 0.2) is 66.7 Å². The van der Waals surface area contributed by atoms with Crippen molar-refractivity contribution in [3.63, 3.8) is 0 Å². The van der Waals surface area contributed by atoms with Gasteiger partial charge in [-0.3, -0.25) is 0 Å². The van der Waals surface area contributed by atoms with Crippen LogP contribution in [0.3, 0.4) is 0 Å². The highest BCUT2D eigenvalue weighted by molar-refractivity contribution is 5.54. The average Bonchev–Trinajstić information content (AvgIpc) is 2.63. The zero-order chi connectivity index (χ0) is 17.6. The molecule has 0 saturated carbocycles. The molecule has 0 aliphatic carbocycles. The molecule has 1 N–H and O–H groups in total. The molecule has 3 aromatic rings. The Hall–Kier alpha value is -2.74. The molecule has 128 valence electrons. The maximum Gasteiger partial charge on any atom is 0.120 e. The predicted molar refractivity (Wildman–Crippen MR) is 105 cm³/mol. The van der Waals surface area contributed by atoms with Gasteiger partial charge < -0.3 is 10.1 Å². The average molecular weight is 331 g/mol. The lowest BCUT2D eigenvalue weighted by atomic mass is 10.1. The quantitative estimate of drug-likeness (QED) is 0.616. The van der Waals surface area contributed by atoms with Gasteiger partial charge in [-0.25, -0.2) is 0 Å². The van der Waals surface area contributed by atoms with E-state index in [0.29, 0.717) is 6.61 Å². The van der Waals surface area contributed by atoms with Crippen LogP contribution in [0.25, 0.3) is 0 Å². The Kier molecular flexibility index (Phi) is 5.39. The maximum atomic E-state index is 5.94. The topological polar surface area (TPSA) is 21.3 Å². The van der Waals surface area contributed by atoms with E-state index in [1.807, 2.05) is 12.1 Å². The van der Waals surface area contributed by atoms with Gasteiger partial charge in [-0.05, 0) is 61.2 Å². The van der Waals surface area contributed by atoms with Gasteiger partial charge in [0.25, 0.3) is 0 Å². The number of ether oxygens (including phenoxy) is 1. The van der Waals surface area contributed by atoms with Crippen LogP contribution in [0.1, 0.15) is 27.8 Å². The molecule has 0 saturated heterocycles. The van der Waals surface area contributed by atoms with Crippen molar-refractivity contribution >= 4 is 5.69 Å². The van der Waals surface area contributed by atoms with Gasteiger partial charge in [0.1, 0.15) is 12.4 Å². The highest BCUT2D eigenvalue weighted by atomic mass is 16.5. The molecular weight excluding hydrogens is 306 g/mol. The van der Waals surface area contributed by atoms with Crippen LogP contribution in [0, 0.1) is 20.8 Å². The Labute approximate surface area is 150 Å². The molecule has 0 aromatic heterocycles. The van der Waals surface area contributed by atoms with Crippen LogP contribution in [0.2, 0.25) is 0 Å². The highest BCUT2D eigenvalue weighted by Crippen LogP contribution is 2.20. The Morgan fingerprint density at radius 2 is 1.56 bits per heavy atom. The summed E-state index contributed by atoms with van der Waals surface area (Å²) in [6.45, 7) is 7.76. The number of hydrogen-bond donors (Lipinski definition) is 1. The molecule has 0 fully saturated rings. The zero-order valence-electron chi connectivity index (χ0n) is 15.2. The minimum absolute atomic E-state index is 0.591. The van der Waals surface area contributed by atoms with E-state index in [9.17, 15) is 0 Å². The van der Waals surface area contributed by atoms with Crippen LogP contribution >= 0.6 is 0 Å². The minimum atomic E-state index is 0.591. The number of aryl methyl sites for hydroxylation is 2. The first kappa shape index (κ1) is 17.1. The zero-order valence-corrected chi connectivity index (χ0v) is 15.2. The second kappa shape index (κ2) is 7.89. The summed E-state index contributed by atoms with van der Waals surface area (Å²) in [5.41, 5.74) is 7.45. The van der Waals surface area contributed by atoms with Crippen molar-refractivity contribution in [3.05, 3.63) is 94.5 Å². The summed E-state index contributed by atoms with van der Waals surface area (Å²) in [5, 5.41) is 3.52. The summed E-state index contributed by atoms with van der Waals surface area (Å²) in [6.07, 6.45) is 0. The fourth-order valence-corrected chi connectivity index (χ4v) is 2.74. The number of rotatable bonds is 6. The van der Waals surface area contributed by atoms with E-state index in [1.54, 1.807) is 0 Å². The third-order valence-electron chi connectivity index (χ3n) is 4.51. The molecule has 0 spiro atoms. The van der Waals surface area contributed by atoms with Gasteiger partial charge >= 0.3 is 0 Å². The van der Waals surface area contributed by atoms with Gasteiger partial charge in [0.05, 0.1) is 0 Å². The molecule has 25 heavy (non-hydrogen) atoms. The first-order chi connectivity index (χ1) is 12.1. The van der Waals surface area contributed by atoms with Crippen LogP contribution in [0.5, 0.6) is 5.75 Å². The fraction of sp³-hybridized carbons (Fsp3) is 0.217. The van der Waals surface area contributed by atoms with Crippen LogP contribution in [-0.2, 0) is 13.2 Å². The number of hydrogen-bond acceptors (Lipinski definition) is 2. The lowest BCUT2D eigenvalue weighted by molar-refractivity contribution is 0.306. The van der Waals surface area contributed by atoms with E-state index < -0.39 is 0 Å². The van der Waals surface area contributed by atoms with Crippen LogP contribution in [0.4, 0.5) is 5.69 Å². The van der Waals surface area contributed by atoms with Crippen molar-refractivity contribution in [1.82, 2.24) is 0 Å². The Morgan fingerprint density at radius 3 is 2.36 bits per heavy atom. The van der Waals surface area contributed by atoms with Gasteiger partial charge in [0.15, 0.2) is 0 Å². The van der Waals surface area contributed by atoms with E-state index in [4.69, 9.17) is 4.74 Å². The van der Waals surface area contributed by atoms with Gasteiger partial charge in [-0.15, -0.1) is 0 Å². The Balaban J connectivity index is 1.61. The Bertz CT molecular complexity index is 837. The normalized spacial score (nSPS) is 10.5. The molecule has 2 heteroatoms. The highest BCUT2D eigenvalue weighted by Gasteiger charge is 2.02. The van der Waals surface area contributed by atoms with Crippen molar-refractivity contribution in [2.24, 2.45) is 0 Å². The largest absolute Gasteiger partial charge is 0.489 e. The van der Waals surface area contributed by atoms with Crippen molar-refractivity contribution in [3.8, 4) is 5.75 Å². The SMILES string of the molecule is Cc1ccc(COc2cccc(CNc3cccc(C)c3C)c2)cc1. The molecule has 0 amide bonds. The molecule has 0 heterocycles. The lowest BCUT2D eigenvalue weighted by Gasteiger charge is -2.12. The van der Waals surface area contributed by atoms with E-state index in [1.165, 1.54) is 33.5 Å². The predicted octanol–water partition coefficient (Wildman–Crippen LogP) is 5.80. The van der Waals surface area contributed by atoms with E-state index in [2.05, 4.69) is 80.7 Å². The monoisotopic (exact) mass is 331 g/mol. The first-order valence-electron chi connectivity index (χ1n) is 8.69. The second-order valence-corrected chi connectivity index (χ2v) is 6.52. The molecule has 2 nitrogen and oxygen atoms in total. The first-order valence-corrected chi connectivity index (χ1v) is 8.69. The molecule has 0 unspecified atom stereocenters. The molecule has 3 aromatic carbocycles. The summed E-state index contributed by atoms with van der Waals surface area (Å²) in [5.74, 6) is 0.904. The molecule has 0 radical (unpaired) electrons. The summed E-state index contributed by atoms with van der Waals surface area (Å²) < 4.78 is 5.94. The van der Waals surface area contributed by atoms with E-state index >= 15 is 0 Å². The molecule has 3 rings (SSSR count). The van der Waals surface area contributed by atoms with Gasteiger partial charge in [0.2, 0.25) is 0 Å². The van der Waals surface area contributed by atoms with E-state index in [-0.39, 0.29) is 0 Å². The summed E-state index contributed by atoms with van der Waals surface area (Å²) in [4.78, 5) is 0. The summed E-state index contributed by atoms with van der Waals surface area (Å²) >= 11 is 0. The minimum Gasteiger partial charge on any atom is -0.489 e. The summed E-state index contributed by atoms with van der Waals surface area (Å²) in [6, 6.07) is 23.1. The third kappa shape index (κ3) is 4.63. The Morgan fingerprint density at radius 1 is 0.800 bits per heavy atom. The van der Waals surface area contributed by atoms with Gasteiger partial charge in [-0.1, -0.05) is 54.1 Å². The van der Waals surface area contributed by atoms with Gasteiger partial charge in [0, 0.05) is 12.2 Å². The van der Waals surface area contributed by atoms with E-state index in [0.717, 1.165) is 12.3 Å². The lowest BCUT2D eigenvalue weighted by Crippen LogP contribution is -2.02. The van der Waals surface area contributed by atoms with Crippen molar-refractivity contribution < 1.29 is 4.74 Å². The van der Waals surface area contributed by atoms with Crippen molar-refractivity contribution in [1.29, 1.82) is 0 Å². The third-order valence-corrected chi connectivity index (χ3v) is 4.51. The molecule has 0 aliphatic heterocycles. The number of nitrogens with one attached hydrogen (secondary N) is 1. The fourth-order valence-electron chi connectivity index (χ4n) is 2.74. The molecule has 0 atom stereocenters. The molecule has 0 bridgehead atoms. The van der Waals surface area contributed by atoms with Crippen molar-refractivity contribution in [2.45, 2.75) is 33.9 Å². The molecular formula is C23H25NO. The van der Waals surface area contributed by atoms with Crippen LogP contribution in [-0.4, -0.2) is 0 Å². The standard InChI is InChI=1S/C23H25NO/c1-17-10-12-20(13-11-17)16-25-22-8-5-7-21(14-22)15-24-23-9-4-6-18(2)19(23)3/h4-14,24H,15-16H2,1-3H3. The maximum absolute atomic E-state index is 5.94. The molecule has 0 aliphatic rings. The summed E-state index contributed by atoms with van der Waals surface area (Å²) in [7, 11) is 0. The van der Waals surface area contributed by atoms with Crippen molar-refractivity contribution in [2.75, 3.05) is 5.32 Å². The number of benzene rings is 3. The van der Waals surface area contributed by atoms with Gasteiger partial charge in [-0.2, -0.15) is 0 Å².